The van der Waals surface area contributed by atoms with Crippen molar-refractivity contribution in [3.8, 4) is 17.3 Å². The smallest absolute Gasteiger partial charge is 0.330 e. The van der Waals surface area contributed by atoms with Crippen molar-refractivity contribution in [1.29, 1.82) is 5.26 Å². The summed E-state index contributed by atoms with van der Waals surface area (Å²) in [5.74, 6) is 0. The number of aromatic nitrogens is 3. The molecule has 0 bridgehead atoms. The number of nitriles is 1. The van der Waals surface area contributed by atoms with Gasteiger partial charge in [0.1, 0.15) is 0 Å². The van der Waals surface area contributed by atoms with E-state index in [1.54, 1.807) is 16.2 Å². The van der Waals surface area contributed by atoms with Crippen molar-refractivity contribution in [2.24, 2.45) is 12.5 Å². The van der Waals surface area contributed by atoms with Gasteiger partial charge in [-0.15, -0.1) is 0 Å². The number of imidazole rings is 1. The minimum atomic E-state index is -0.198. The van der Waals surface area contributed by atoms with Gasteiger partial charge in [-0.2, -0.15) is 5.26 Å². The van der Waals surface area contributed by atoms with Crippen LogP contribution >= 0.6 is 0 Å². The van der Waals surface area contributed by atoms with Crippen LogP contribution in [0.2, 0.25) is 0 Å². The number of hydrogen-bond acceptors (Lipinski definition) is 5. The minimum Gasteiger partial charge on any atom is -0.393 e. The second kappa shape index (κ2) is 8.53. The lowest BCUT2D eigenvalue weighted by Gasteiger charge is -2.29. The molecule has 2 aromatic heterocycles. The summed E-state index contributed by atoms with van der Waals surface area (Å²) < 4.78 is 3.36. The van der Waals surface area contributed by atoms with Crippen molar-refractivity contribution in [2.75, 3.05) is 13.1 Å². The molecule has 0 aliphatic carbocycles. The van der Waals surface area contributed by atoms with Gasteiger partial charge in [-0.3, -0.25) is 14.0 Å². The summed E-state index contributed by atoms with van der Waals surface area (Å²) in [6, 6.07) is 12.0. The zero-order valence-electron chi connectivity index (χ0n) is 19.3. The number of nitrogens with zero attached hydrogens (tertiary/aromatic N) is 5. The molecule has 4 rings (SSSR count). The van der Waals surface area contributed by atoms with Gasteiger partial charge in [0.2, 0.25) is 0 Å². The molecule has 1 saturated heterocycles. The average Bonchev–Trinajstić information content (AvgIpc) is 2.98. The molecule has 3 heterocycles. The Morgan fingerprint density at radius 1 is 1.19 bits per heavy atom. The van der Waals surface area contributed by atoms with Crippen LogP contribution in [0.3, 0.4) is 0 Å². The highest BCUT2D eigenvalue weighted by molar-refractivity contribution is 5.78. The Balaban J connectivity index is 1.72. The van der Waals surface area contributed by atoms with Crippen molar-refractivity contribution in [2.45, 2.75) is 52.8 Å². The molecule has 1 N–H and O–H groups in total. The third-order valence-electron chi connectivity index (χ3n) is 6.06. The van der Waals surface area contributed by atoms with Gasteiger partial charge in [-0.1, -0.05) is 26.8 Å². The van der Waals surface area contributed by atoms with Crippen LogP contribution in [0.5, 0.6) is 0 Å². The molecule has 0 amide bonds. The van der Waals surface area contributed by atoms with E-state index in [0.717, 1.165) is 49.1 Å². The second-order valence-corrected chi connectivity index (χ2v) is 10.0. The third-order valence-corrected chi connectivity index (χ3v) is 6.06. The number of aliphatic hydroxyl groups is 1. The second-order valence-electron chi connectivity index (χ2n) is 10.0. The van der Waals surface area contributed by atoms with E-state index in [4.69, 9.17) is 4.98 Å². The van der Waals surface area contributed by atoms with E-state index in [1.807, 2.05) is 30.3 Å². The van der Waals surface area contributed by atoms with Crippen LogP contribution in [0.15, 0.2) is 35.1 Å². The van der Waals surface area contributed by atoms with Gasteiger partial charge in [0.05, 0.1) is 28.9 Å². The number of likely N-dealkylation sites (tertiary alicyclic amines) is 1. The van der Waals surface area contributed by atoms with E-state index in [9.17, 15) is 15.2 Å². The van der Waals surface area contributed by atoms with E-state index >= 15 is 0 Å². The predicted molar refractivity (Wildman–Crippen MR) is 125 cm³/mol. The number of aryl methyl sites for hydroxylation is 1. The third kappa shape index (κ3) is 4.47. The molecule has 1 fully saturated rings. The average molecular weight is 434 g/mol. The molecular formula is C25H31N5O2. The van der Waals surface area contributed by atoms with Crippen LogP contribution in [0.25, 0.3) is 22.4 Å². The topological polar surface area (TPSA) is 87.1 Å². The highest BCUT2D eigenvalue weighted by Gasteiger charge is 2.20. The standard InChI is InChI=1S/C25H31N5O2/c1-25(2,3)16-30-22-8-7-21(27-23(22)28(4)24(30)32)20-13-17(5-6-18(20)14-26)15-29-11-9-19(31)10-12-29/h5-8,13,19,31H,9-12,15-16H2,1-4H3. The molecule has 7 heteroatoms. The Morgan fingerprint density at radius 2 is 1.91 bits per heavy atom. The highest BCUT2D eigenvalue weighted by Crippen LogP contribution is 2.27. The maximum atomic E-state index is 12.8. The van der Waals surface area contributed by atoms with Gasteiger partial charge in [0, 0.05) is 38.8 Å². The highest BCUT2D eigenvalue weighted by atomic mass is 16.3. The normalized spacial score (nSPS) is 15.9. The van der Waals surface area contributed by atoms with Gasteiger partial charge >= 0.3 is 5.69 Å². The fourth-order valence-electron chi connectivity index (χ4n) is 4.39. The first-order chi connectivity index (χ1) is 15.2. The quantitative estimate of drug-likeness (QED) is 0.682. The molecule has 3 aromatic rings. The Morgan fingerprint density at radius 3 is 2.56 bits per heavy atom. The Kier molecular flexibility index (Phi) is 5.93. The summed E-state index contributed by atoms with van der Waals surface area (Å²) in [4.78, 5) is 20.0. The summed E-state index contributed by atoms with van der Waals surface area (Å²) in [6.07, 6.45) is 1.39. The van der Waals surface area contributed by atoms with Crippen molar-refractivity contribution in [1.82, 2.24) is 19.0 Å². The lowest BCUT2D eigenvalue weighted by atomic mass is 9.97. The van der Waals surface area contributed by atoms with Crippen molar-refractivity contribution < 1.29 is 5.11 Å². The summed E-state index contributed by atoms with van der Waals surface area (Å²) in [5, 5.41) is 19.4. The van der Waals surface area contributed by atoms with Crippen LogP contribution in [0, 0.1) is 16.7 Å². The lowest BCUT2D eigenvalue weighted by Crippen LogP contribution is -2.35. The van der Waals surface area contributed by atoms with E-state index < -0.39 is 0 Å². The Bertz CT molecular complexity index is 1230. The first-order valence-corrected chi connectivity index (χ1v) is 11.2. The van der Waals surface area contributed by atoms with Gasteiger partial charge in [-0.25, -0.2) is 9.78 Å². The van der Waals surface area contributed by atoms with Gasteiger partial charge in [0.15, 0.2) is 5.65 Å². The molecule has 168 valence electrons. The maximum absolute atomic E-state index is 12.8. The molecule has 0 unspecified atom stereocenters. The molecule has 32 heavy (non-hydrogen) atoms. The van der Waals surface area contributed by atoms with E-state index in [1.165, 1.54) is 0 Å². The van der Waals surface area contributed by atoms with Crippen LogP contribution in [-0.2, 0) is 20.1 Å². The summed E-state index contributed by atoms with van der Waals surface area (Å²) in [5.41, 5.74) is 4.44. The largest absolute Gasteiger partial charge is 0.393 e. The lowest BCUT2D eigenvalue weighted by molar-refractivity contribution is 0.0792. The first kappa shape index (κ1) is 22.3. The number of hydrogen-bond donors (Lipinski definition) is 1. The van der Waals surface area contributed by atoms with E-state index in [-0.39, 0.29) is 17.2 Å². The van der Waals surface area contributed by atoms with Crippen LogP contribution in [0.1, 0.15) is 44.7 Å². The van der Waals surface area contributed by atoms with Gasteiger partial charge < -0.3 is 5.11 Å². The molecule has 1 aromatic carbocycles. The Labute approximate surface area is 188 Å². The molecule has 0 spiro atoms. The molecule has 0 radical (unpaired) electrons. The molecule has 0 atom stereocenters. The monoisotopic (exact) mass is 433 g/mol. The van der Waals surface area contributed by atoms with E-state index in [2.05, 4.69) is 31.7 Å². The van der Waals surface area contributed by atoms with E-state index in [0.29, 0.717) is 23.4 Å². The van der Waals surface area contributed by atoms with Crippen LogP contribution in [-0.4, -0.2) is 43.3 Å². The molecular weight excluding hydrogens is 402 g/mol. The van der Waals surface area contributed by atoms with Gasteiger partial charge in [0.25, 0.3) is 0 Å². The first-order valence-electron chi connectivity index (χ1n) is 11.2. The molecule has 1 aliphatic heterocycles. The molecule has 7 nitrogen and oxygen atoms in total. The summed E-state index contributed by atoms with van der Waals surface area (Å²) in [6.45, 7) is 9.42. The fourth-order valence-corrected chi connectivity index (χ4v) is 4.39. The minimum absolute atomic E-state index is 0.0381. The zero-order valence-corrected chi connectivity index (χ0v) is 19.3. The Hall–Kier alpha value is -2.95. The SMILES string of the molecule is Cn1c(=O)n(CC(C)(C)C)c2ccc(-c3cc(CN4CCC(O)CC4)ccc3C#N)nc21. The summed E-state index contributed by atoms with van der Waals surface area (Å²) in [7, 11) is 1.74. The predicted octanol–water partition coefficient (Wildman–Crippen LogP) is 3.28. The number of benzene rings is 1. The number of piperidine rings is 1. The number of fused-ring (bicyclic) bond motifs is 1. The zero-order chi connectivity index (χ0) is 23.0. The van der Waals surface area contributed by atoms with Crippen molar-refractivity contribution in [3.63, 3.8) is 0 Å². The van der Waals surface area contributed by atoms with Crippen molar-refractivity contribution >= 4 is 11.2 Å². The van der Waals surface area contributed by atoms with Crippen molar-refractivity contribution in [3.05, 3.63) is 51.9 Å². The number of pyridine rings is 1. The van der Waals surface area contributed by atoms with Crippen LogP contribution < -0.4 is 5.69 Å². The fraction of sp³-hybridized carbons (Fsp3) is 0.480. The molecule has 0 saturated carbocycles. The molecule has 1 aliphatic rings. The van der Waals surface area contributed by atoms with Gasteiger partial charge in [-0.05, 0) is 48.1 Å². The van der Waals surface area contributed by atoms with Crippen LogP contribution in [0.4, 0.5) is 0 Å². The maximum Gasteiger partial charge on any atom is 0.330 e. The summed E-state index contributed by atoms with van der Waals surface area (Å²) >= 11 is 0. The number of aliphatic hydroxyl groups excluding tert-OH is 1. The number of rotatable bonds is 4.